The molecule has 5 heteroatoms. The molecule has 0 aliphatic carbocycles. The molecule has 0 bridgehead atoms. The van der Waals surface area contributed by atoms with Crippen molar-refractivity contribution in [1.29, 1.82) is 0 Å². The molecule has 2 rings (SSSR count). The van der Waals surface area contributed by atoms with E-state index < -0.39 is 5.82 Å². The molecule has 2 N–H and O–H groups in total. The van der Waals surface area contributed by atoms with Crippen LogP contribution in [0.25, 0.3) is 0 Å². The number of hydrogen-bond donors (Lipinski definition) is 1. The van der Waals surface area contributed by atoms with Crippen molar-refractivity contribution in [3.8, 4) is 5.75 Å². The lowest BCUT2D eigenvalue weighted by Gasteiger charge is -2.11. The van der Waals surface area contributed by atoms with E-state index >= 15 is 0 Å². The van der Waals surface area contributed by atoms with E-state index in [9.17, 15) is 4.39 Å². The molecule has 19 heavy (non-hydrogen) atoms. The van der Waals surface area contributed by atoms with Crippen LogP contribution in [0.4, 0.5) is 4.39 Å². The third kappa shape index (κ3) is 2.93. The molecule has 0 aliphatic rings. The van der Waals surface area contributed by atoms with Crippen molar-refractivity contribution in [3.63, 3.8) is 0 Å². The lowest BCUT2D eigenvalue weighted by molar-refractivity contribution is 0.386. The molecular formula is C14H18FN3O. The van der Waals surface area contributed by atoms with Gasteiger partial charge in [0, 0.05) is 18.3 Å². The predicted molar refractivity (Wildman–Crippen MR) is 71.5 cm³/mol. The number of aryl methyl sites for hydroxylation is 1. The minimum atomic E-state index is -0.406. The van der Waals surface area contributed by atoms with Crippen LogP contribution in [-0.4, -0.2) is 16.9 Å². The van der Waals surface area contributed by atoms with Crippen molar-refractivity contribution >= 4 is 0 Å². The number of nitrogens with two attached hydrogens (primary N) is 1. The highest BCUT2D eigenvalue weighted by Crippen LogP contribution is 2.24. The summed E-state index contributed by atoms with van der Waals surface area (Å²) in [6.45, 7) is 2.93. The van der Waals surface area contributed by atoms with Crippen molar-refractivity contribution in [2.24, 2.45) is 5.73 Å². The topological polar surface area (TPSA) is 53.1 Å². The van der Waals surface area contributed by atoms with E-state index in [4.69, 9.17) is 10.5 Å². The number of aromatic nitrogens is 2. The van der Waals surface area contributed by atoms with Gasteiger partial charge in [0.05, 0.1) is 19.3 Å². The van der Waals surface area contributed by atoms with E-state index in [1.807, 2.05) is 10.9 Å². The minimum Gasteiger partial charge on any atom is -0.494 e. The van der Waals surface area contributed by atoms with Gasteiger partial charge in [0.1, 0.15) is 0 Å². The Labute approximate surface area is 112 Å². The third-order valence-electron chi connectivity index (χ3n) is 3.00. The first-order chi connectivity index (χ1) is 9.15. The number of ether oxygens (including phenoxy) is 1. The number of benzene rings is 1. The average Bonchev–Trinajstić information content (AvgIpc) is 2.87. The van der Waals surface area contributed by atoms with Gasteiger partial charge in [0.2, 0.25) is 0 Å². The van der Waals surface area contributed by atoms with Gasteiger partial charge < -0.3 is 10.5 Å². The molecule has 1 unspecified atom stereocenters. The fraction of sp³-hybridized carbons (Fsp3) is 0.357. The van der Waals surface area contributed by atoms with Crippen LogP contribution >= 0.6 is 0 Å². The second-order valence-electron chi connectivity index (χ2n) is 4.41. The van der Waals surface area contributed by atoms with Gasteiger partial charge >= 0.3 is 0 Å². The molecule has 0 saturated carbocycles. The van der Waals surface area contributed by atoms with Crippen LogP contribution in [0.1, 0.15) is 30.5 Å². The van der Waals surface area contributed by atoms with E-state index in [0.717, 1.165) is 18.5 Å². The fourth-order valence-electron chi connectivity index (χ4n) is 1.96. The van der Waals surface area contributed by atoms with Crippen LogP contribution in [0, 0.1) is 5.82 Å². The maximum atomic E-state index is 13.7. The summed E-state index contributed by atoms with van der Waals surface area (Å²) in [6.07, 6.45) is 4.63. The molecule has 1 atom stereocenters. The van der Waals surface area contributed by atoms with Crippen LogP contribution in [0.2, 0.25) is 0 Å². The van der Waals surface area contributed by atoms with Gasteiger partial charge in [0.15, 0.2) is 11.6 Å². The summed E-state index contributed by atoms with van der Waals surface area (Å²) in [5.41, 5.74) is 7.70. The highest BCUT2D eigenvalue weighted by Gasteiger charge is 2.13. The van der Waals surface area contributed by atoms with Crippen LogP contribution < -0.4 is 10.5 Å². The van der Waals surface area contributed by atoms with Crippen molar-refractivity contribution in [2.45, 2.75) is 25.9 Å². The zero-order chi connectivity index (χ0) is 13.8. The van der Waals surface area contributed by atoms with Gasteiger partial charge in [0.25, 0.3) is 0 Å². The third-order valence-corrected chi connectivity index (χ3v) is 3.00. The Balaban J connectivity index is 2.22. The molecule has 0 amide bonds. The van der Waals surface area contributed by atoms with E-state index in [-0.39, 0.29) is 11.8 Å². The van der Waals surface area contributed by atoms with Crippen molar-refractivity contribution in [3.05, 3.63) is 47.5 Å². The van der Waals surface area contributed by atoms with Gasteiger partial charge in [-0.3, -0.25) is 4.68 Å². The van der Waals surface area contributed by atoms with E-state index in [2.05, 4.69) is 12.0 Å². The Morgan fingerprint density at radius 2 is 2.21 bits per heavy atom. The predicted octanol–water partition coefficient (Wildman–Crippen LogP) is 2.49. The maximum Gasteiger partial charge on any atom is 0.165 e. The lowest BCUT2D eigenvalue weighted by Crippen LogP contribution is -2.11. The van der Waals surface area contributed by atoms with E-state index in [0.29, 0.717) is 5.56 Å². The highest BCUT2D eigenvalue weighted by atomic mass is 19.1. The molecular weight excluding hydrogens is 245 g/mol. The first kappa shape index (κ1) is 13.5. The minimum absolute atomic E-state index is 0.220. The van der Waals surface area contributed by atoms with Gasteiger partial charge in [-0.2, -0.15) is 5.10 Å². The van der Waals surface area contributed by atoms with Crippen LogP contribution in [0.3, 0.4) is 0 Å². The smallest absolute Gasteiger partial charge is 0.165 e. The molecule has 0 aliphatic heterocycles. The normalized spacial score (nSPS) is 12.4. The van der Waals surface area contributed by atoms with Crippen LogP contribution in [0.5, 0.6) is 5.75 Å². The number of nitrogens with zero attached hydrogens (tertiary/aromatic N) is 2. The Hall–Kier alpha value is -1.88. The molecule has 1 heterocycles. The second-order valence-corrected chi connectivity index (χ2v) is 4.41. The number of rotatable bonds is 5. The van der Waals surface area contributed by atoms with Gasteiger partial charge in [-0.05, 0) is 24.1 Å². The summed E-state index contributed by atoms with van der Waals surface area (Å²) in [6, 6.07) is 4.37. The summed E-state index contributed by atoms with van der Waals surface area (Å²) in [4.78, 5) is 0. The van der Waals surface area contributed by atoms with Gasteiger partial charge in [-0.1, -0.05) is 13.0 Å². The summed E-state index contributed by atoms with van der Waals surface area (Å²) < 4.78 is 20.4. The van der Waals surface area contributed by atoms with Crippen molar-refractivity contribution < 1.29 is 9.13 Å². The molecule has 1 aromatic heterocycles. The maximum absolute atomic E-state index is 13.7. The molecule has 102 valence electrons. The molecule has 2 aromatic rings. The summed E-state index contributed by atoms with van der Waals surface area (Å²) in [5, 5.41) is 4.23. The Morgan fingerprint density at radius 3 is 2.84 bits per heavy atom. The first-order valence-electron chi connectivity index (χ1n) is 6.27. The van der Waals surface area contributed by atoms with Crippen LogP contribution in [-0.2, 0) is 6.54 Å². The monoisotopic (exact) mass is 263 g/mol. The SMILES string of the molecule is CCCn1cc(C(N)c2ccc(OC)c(F)c2)cn1. The molecule has 0 spiro atoms. The Bertz CT molecular complexity index is 553. The molecule has 0 saturated heterocycles. The zero-order valence-electron chi connectivity index (χ0n) is 11.1. The van der Waals surface area contributed by atoms with Crippen LogP contribution in [0.15, 0.2) is 30.6 Å². The number of hydrogen-bond acceptors (Lipinski definition) is 3. The second kappa shape index (κ2) is 5.84. The number of halogens is 1. The largest absolute Gasteiger partial charge is 0.494 e. The standard InChI is InChI=1S/C14H18FN3O/c1-3-6-18-9-11(8-17-18)14(16)10-4-5-13(19-2)12(15)7-10/h4-5,7-9,14H,3,6,16H2,1-2H3. The Kier molecular flexibility index (Phi) is 4.16. The summed E-state index contributed by atoms with van der Waals surface area (Å²) in [5.74, 6) is -0.186. The van der Waals surface area contributed by atoms with Crippen molar-refractivity contribution in [1.82, 2.24) is 9.78 Å². The Morgan fingerprint density at radius 1 is 1.42 bits per heavy atom. The van der Waals surface area contributed by atoms with E-state index in [1.54, 1.807) is 18.3 Å². The highest BCUT2D eigenvalue weighted by molar-refractivity contribution is 5.34. The summed E-state index contributed by atoms with van der Waals surface area (Å²) in [7, 11) is 1.44. The van der Waals surface area contributed by atoms with Gasteiger partial charge in [-0.15, -0.1) is 0 Å². The average molecular weight is 263 g/mol. The first-order valence-corrected chi connectivity index (χ1v) is 6.27. The molecule has 4 nitrogen and oxygen atoms in total. The van der Waals surface area contributed by atoms with Gasteiger partial charge in [-0.25, -0.2) is 4.39 Å². The van der Waals surface area contributed by atoms with E-state index in [1.165, 1.54) is 13.2 Å². The quantitative estimate of drug-likeness (QED) is 0.901. The number of methoxy groups -OCH3 is 1. The molecule has 0 radical (unpaired) electrons. The lowest BCUT2D eigenvalue weighted by atomic mass is 10.0. The summed E-state index contributed by atoms with van der Waals surface area (Å²) >= 11 is 0. The van der Waals surface area contributed by atoms with Crippen molar-refractivity contribution in [2.75, 3.05) is 7.11 Å². The molecule has 1 aromatic carbocycles. The zero-order valence-corrected chi connectivity index (χ0v) is 11.1. The molecule has 0 fully saturated rings. The fourth-order valence-corrected chi connectivity index (χ4v) is 1.96.